The maximum absolute atomic E-state index is 11.7. The predicted octanol–water partition coefficient (Wildman–Crippen LogP) is 1.75. The second-order valence-electron chi connectivity index (χ2n) is 7.06. The van der Waals surface area contributed by atoms with Crippen molar-refractivity contribution in [2.75, 3.05) is 26.7 Å². The van der Waals surface area contributed by atoms with Crippen molar-refractivity contribution in [1.82, 2.24) is 0 Å². The number of halogens is 1. The van der Waals surface area contributed by atoms with E-state index >= 15 is 0 Å². The number of carbonyl (C=O) groups is 1. The monoisotopic (exact) mass is 370 g/mol. The molecule has 0 aliphatic rings. The molecule has 0 saturated heterocycles. The molecular weight excluding hydrogens is 332 g/mol. The van der Waals surface area contributed by atoms with Gasteiger partial charge in [-0.15, -0.1) is 0 Å². The van der Waals surface area contributed by atoms with Crippen LogP contribution in [-0.4, -0.2) is 37.1 Å². The quantitative estimate of drug-likeness (QED) is 0.191. The van der Waals surface area contributed by atoms with Gasteiger partial charge in [0.15, 0.2) is 0 Å². The fraction of sp³-hybridized carbons (Fsp3) is 0.667. The lowest BCUT2D eigenvalue weighted by Gasteiger charge is -2.31. The Morgan fingerprint density at radius 1 is 0.920 bits per heavy atom. The number of nitrogens with zero attached hydrogens (tertiary/aromatic N) is 1. The first-order valence-electron chi connectivity index (χ1n) is 9.53. The minimum absolute atomic E-state index is 0. The van der Waals surface area contributed by atoms with Crippen molar-refractivity contribution in [3.63, 3.8) is 0 Å². The maximum atomic E-state index is 11.7. The molecule has 0 heterocycles. The number of amides is 1. The summed E-state index contributed by atoms with van der Waals surface area (Å²) in [5.41, 5.74) is 6.33. The Morgan fingerprint density at radius 2 is 1.40 bits per heavy atom. The van der Waals surface area contributed by atoms with Gasteiger partial charge in [0, 0.05) is 5.57 Å². The molecular formula is C21H39ClN2O. The van der Waals surface area contributed by atoms with Crippen LogP contribution in [-0.2, 0) is 4.79 Å². The lowest BCUT2D eigenvalue weighted by molar-refractivity contribution is -0.892. The highest BCUT2D eigenvalue weighted by Gasteiger charge is 2.17. The molecule has 0 rings (SSSR count). The number of rotatable bonds is 16. The smallest absolute Gasteiger partial charge is 0.244 e. The lowest BCUT2D eigenvalue weighted by atomic mass is 10.0. The van der Waals surface area contributed by atoms with E-state index in [1.807, 2.05) is 18.2 Å². The summed E-state index contributed by atoms with van der Waals surface area (Å²) in [6.07, 6.45) is 16.8. The van der Waals surface area contributed by atoms with Crippen LogP contribution in [0.2, 0.25) is 0 Å². The van der Waals surface area contributed by atoms with E-state index in [1.165, 1.54) is 44.9 Å². The number of hydrogen-bond acceptors (Lipinski definition) is 1. The van der Waals surface area contributed by atoms with E-state index in [-0.39, 0.29) is 18.3 Å². The first kappa shape index (κ1) is 26.2. The van der Waals surface area contributed by atoms with Gasteiger partial charge >= 0.3 is 0 Å². The minimum Gasteiger partial charge on any atom is -1.00 e. The van der Waals surface area contributed by atoms with Crippen LogP contribution in [0.25, 0.3) is 0 Å². The zero-order chi connectivity index (χ0) is 18.3. The highest BCUT2D eigenvalue weighted by Crippen LogP contribution is 2.14. The van der Waals surface area contributed by atoms with E-state index in [4.69, 9.17) is 5.73 Å². The van der Waals surface area contributed by atoms with Crippen LogP contribution >= 0.6 is 0 Å². The summed E-state index contributed by atoms with van der Waals surface area (Å²) < 4.78 is 0.779. The van der Waals surface area contributed by atoms with Gasteiger partial charge in [-0.25, -0.2) is 0 Å². The first-order chi connectivity index (χ1) is 11.5. The molecule has 3 nitrogen and oxygen atoms in total. The molecule has 0 spiro atoms. The third-order valence-corrected chi connectivity index (χ3v) is 4.53. The van der Waals surface area contributed by atoms with Gasteiger partial charge in [-0.1, -0.05) is 65.0 Å². The van der Waals surface area contributed by atoms with Gasteiger partial charge in [0.25, 0.3) is 0 Å². The van der Waals surface area contributed by atoms with Crippen molar-refractivity contribution in [2.45, 2.75) is 64.7 Å². The molecule has 0 unspecified atom stereocenters. The molecule has 0 aliphatic heterocycles. The number of hydrogen-bond donors (Lipinski definition) is 1. The molecule has 0 aromatic heterocycles. The molecule has 0 radical (unpaired) electrons. The second-order valence-corrected chi connectivity index (χ2v) is 7.06. The van der Waals surface area contributed by atoms with Gasteiger partial charge in [0.1, 0.15) is 0 Å². The van der Waals surface area contributed by atoms with Crippen molar-refractivity contribution in [3.05, 3.63) is 37.0 Å². The van der Waals surface area contributed by atoms with Crippen LogP contribution in [0.1, 0.15) is 64.7 Å². The lowest BCUT2D eigenvalue weighted by Crippen LogP contribution is -3.00. The zero-order valence-electron chi connectivity index (χ0n) is 16.4. The average molecular weight is 371 g/mol. The number of primary amides is 1. The summed E-state index contributed by atoms with van der Waals surface area (Å²) in [4.78, 5) is 11.7. The van der Waals surface area contributed by atoms with E-state index in [0.717, 1.165) is 42.5 Å². The van der Waals surface area contributed by atoms with E-state index in [2.05, 4.69) is 27.1 Å². The maximum Gasteiger partial charge on any atom is 0.244 e. The van der Waals surface area contributed by atoms with Crippen LogP contribution in [0.4, 0.5) is 0 Å². The molecule has 0 saturated carbocycles. The number of likely N-dealkylation sites (N-methyl/N-ethyl adjacent to an activating group) is 1. The molecule has 0 aromatic carbocycles. The van der Waals surface area contributed by atoms with Crippen molar-refractivity contribution in [2.24, 2.45) is 5.73 Å². The Hall–Kier alpha value is -1.06. The summed E-state index contributed by atoms with van der Waals surface area (Å²) >= 11 is 0. The highest BCUT2D eigenvalue weighted by atomic mass is 35.5. The molecule has 0 aliphatic carbocycles. The summed E-state index contributed by atoms with van der Waals surface area (Å²) in [5.74, 6) is -0.276. The van der Waals surface area contributed by atoms with Crippen LogP contribution < -0.4 is 18.1 Å². The van der Waals surface area contributed by atoms with Crippen LogP contribution in [0, 0.1) is 0 Å². The molecule has 4 heteroatoms. The van der Waals surface area contributed by atoms with Crippen molar-refractivity contribution < 1.29 is 21.7 Å². The fourth-order valence-electron chi connectivity index (χ4n) is 2.95. The number of nitrogens with two attached hydrogens (primary N) is 1. The van der Waals surface area contributed by atoms with Gasteiger partial charge in [0.05, 0.1) is 26.7 Å². The van der Waals surface area contributed by atoms with Crippen molar-refractivity contribution in [3.8, 4) is 0 Å². The van der Waals surface area contributed by atoms with E-state index in [0.29, 0.717) is 0 Å². The average Bonchev–Trinajstić information content (AvgIpc) is 2.52. The van der Waals surface area contributed by atoms with E-state index in [1.54, 1.807) is 0 Å². The van der Waals surface area contributed by atoms with Gasteiger partial charge < -0.3 is 22.6 Å². The molecule has 0 bridgehead atoms. The topological polar surface area (TPSA) is 43.1 Å². The summed E-state index contributed by atoms with van der Waals surface area (Å²) in [5, 5.41) is 0. The van der Waals surface area contributed by atoms with Gasteiger partial charge in [-0.05, 0) is 31.1 Å². The Balaban J connectivity index is 0. The minimum atomic E-state index is -0.276. The summed E-state index contributed by atoms with van der Waals surface area (Å²) in [6, 6.07) is 0. The summed E-state index contributed by atoms with van der Waals surface area (Å²) in [6.45, 7) is 12.4. The highest BCUT2D eigenvalue weighted by molar-refractivity contribution is 5.91. The standard InChI is InChI=1S/C21H38N2O.ClH/c1-5-8-9-10-11-12-13-14-15-20(21(22)24)16-19-23(4,17-6-2)18-7-3;/h6-7,16H,2-3,5,8-15,17-19H2,1,4H3,(H-,22,24);1H. The fourth-order valence-corrected chi connectivity index (χ4v) is 2.95. The first-order valence-corrected chi connectivity index (χ1v) is 9.53. The van der Waals surface area contributed by atoms with E-state index < -0.39 is 0 Å². The molecule has 1 amide bonds. The number of quaternary nitrogens is 1. The van der Waals surface area contributed by atoms with Crippen molar-refractivity contribution >= 4 is 5.91 Å². The zero-order valence-corrected chi connectivity index (χ0v) is 17.2. The Kier molecular flexibility index (Phi) is 17.2. The Bertz CT molecular complexity index is 395. The van der Waals surface area contributed by atoms with Gasteiger partial charge in [-0.3, -0.25) is 4.79 Å². The number of unbranched alkanes of at least 4 members (excludes halogenated alkanes) is 7. The van der Waals surface area contributed by atoms with Gasteiger partial charge in [-0.2, -0.15) is 0 Å². The van der Waals surface area contributed by atoms with Crippen molar-refractivity contribution in [1.29, 1.82) is 0 Å². The molecule has 0 fully saturated rings. The molecule has 2 N–H and O–H groups in total. The second kappa shape index (κ2) is 16.4. The van der Waals surface area contributed by atoms with Gasteiger partial charge in [0.2, 0.25) is 5.91 Å². The Morgan fingerprint density at radius 3 is 1.84 bits per heavy atom. The summed E-state index contributed by atoms with van der Waals surface area (Å²) in [7, 11) is 2.15. The predicted molar refractivity (Wildman–Crippen MR) is 106 cm³/mol. The molecule has 0 aromatic rings. The van der Waals surface area contributed by atoms with E-state index in [9.17, 15) is 4.79 Å². The third-order valence-electron chi connectivity index (χ3n) is 4.53. The Labute approximate surface area is 162 Å². The van der Waals surface area contributed by atoms with Crippen LogP contribution in [0.5, 0.6) is 0 Å². The van der Waals surface area contributed by atoms with Crippen LogP contribution in [0.15, 0.2) is 37.0 Å². The largest absolute Gasteiger partial charge is 1.00 e. The third kappa shape index (κ3) is 13.9. The molecule has 25 heavy (non-hydrogen) atoms. The molecule has 0 atom stereocenters. The number of carbonyl (C=O) groups excluding carboxylic acids is 1. The normalized spacial score (nSPS) is 11.7. The molecule has 146 valence electrons. The van der Waals surface area contributed by atoms with Crippen LogP contribution in [0.3, 0.4) is 0 Å². The SMILES string of the molecule is C=CC[N+](C)(CC=C)CC=C(CCCCCCCCCC)C(N)=O.[Cl-].